The zero-order chi connectivity index (χ0) is 14.0. The molecule has 7 heteroatoms. The van der Waals surface area contributed by atoms with Crippen LogP contribution in [0, 0.1) is 6.92 Å². The van der Waals surface area contributed by atoms with E-state index in [0.717, 1.165) is 43.4 Å². The predicted octanol–water partition coefficient (Wildman–Crippen LogP) is 1.74. The molecule has 1 N–H and O–H groups in total. The highest BCUT2D eigenvalue weighted by atomic mass is 32.1. The van der Waals surface area contributed by atoms with Crippen LogP contribution < -0.4 is 10.8 Å². The molecule has 0 radical (unpaired) electrons. The Morgan fingerprint density at radius 1 is 1.26 bits per heavy atom. The molecule has 0 unspecified atom stereocenters. The van der Waals surface area contributed by atoms with Gasteiger partial charge in [0.1, 0.15) is 0 Å². The van der Waals surface area contributed by atoms with Crippen molar-refractivity contribution in [3.05, 3.63) is 23.3 Å². The van der Waals surface area contributed by atoms with Crippen LogP contribution in [-0.4, -0.2) is 38.1 Å². The third-order valence-corrected chi connectivity index (χ3v) is 3.96. The zero-order valence-electron chi connectivity index (χ0n) is 10.8. The molecule has 1 aliphatic rings. The van der Waals surface area contributed by atoms with Crippen molar-refractivity contribution in [1.29, 1.82) is 0 Å². The number of nitrogens with one attached hydrogen (secondary N) is 1. The van der Waals surface area contributed by atoms with Crippen LogP contribution in [0.15, 0.2) is 17.0 Å². The molecule has 1 saturated heterocycles. The molecule has 1 aliphatic heterocycles. The Kier molecular flexibility index (Phi) is 4.48. The number of thiol groups is 1. The number of halogens is 3. The van der Waals surface area contributed by atoms with Crippen LogP contribution in [0.5, 0.6) is 0 Å². The van der Waals surface area contributed by atoms with Gasteiger partial charge in [-0.3, -0.25) is 4.90 Å². The van der Waals surface area contributed by atoms with Crippen molar-refractivity contribution in [3.8, 4) is 0 Å². The van der Waals surface area contributed by atoms with E-state index in [2.05, 4.69) is 22.8 Å². The Morgan fingerprint density at radius 3 is 2.47 bits per heavy atom. The van der Waals surface area contributed by atoms with Crippen molar-refractivity contribution in [2.75, 3.05) is 26.2 Å². The van der Waals surface area contributed by atoms with Crippen molar-refractivity contribution in [2.24, 2.45) is 0 Å². The maximum Gasteiger partial charge on any atom is 0.509 e. The summed E-state index contributed by atoms with van der Waals surface area (Å²) in [6.45, 7) is 0.912. The molecule has 2 nitrogen and oxygen atoms in total. The summed E-state index contributed by atoms with van der Waals surface area (Å²) in [5.74, 6) is 0. The average molecular weight is 289 g/mol. The van der Waals surface area contributed by atoms with E-state index in [1.54, 1.807) is 0 Å². The van der Waals surface area contributed by atoms with Crippen LogP contribution >= 0.6 is 12.6 Å². The monoisotopic (exact) mass is 289 g/mol. The second kappa shape index (κ2) is 5.77. The normalized spacial score (nSPS) is 17.7. The van der Waals surface area contributed by atoms with Gasteiger partial charge in [-0.15, -0.1) is 18.1 Å². The standard InChI is InChI=1S/C12H17BF3N2S/c1-9-10(8-18-4-2-17-3-5-18)6-11(7-12(9)19)13(14,15)16/h6-7,17,19H,2-5,8H2,1H3/q-1. The minimum Gasteiger partial charge on any atom is -0.445 e. The van der Waals surface area contributed by atoms with Crippen LogP contribution in [0.4, 0.5) is 12.9 Å². The van der Waals surface area contributed by atoms with E-state index in [-0.39, 0.29) is 0 Å². The molecule has 0 atom stereocenters. The van der Waals surface area contributed by atoms with Gasteiger partial charge in [-0.2, -0.15) is 0 Å². The molecule has 0 amide bonds. The van der Waals surface area contributed by atoms with E-state index in [1.165, 1.54) is 6.07 Å². The minimum absolute atomic E-state index is 0.418. The van der Waals surface area contributed by atoms with Crippen LogP contribution in [-0.2, 0) is 6.54 Å². The van der Waals surface area contributed by atoms with E-state index >= 15 is 0 Å². The average Bonchev–Trinajstić information content (AvgIpc) is 2.34. The molecular weight excluding hydrogens is 272 g/mol. The molecule has 0 spiro atoms. The minimum atomic E-state index is -4.97. The lowest BCUT2D eigenvalue weighted by molar-refractivity contribution is 0.232. The summed E-state index contributed by atoms with van der Waals surface area (Å²) >= 11 is 4.17. The Bertz CT molecular complexity index is 459. The lowest BCUT2D eigenvalue weighted by Gasteiger charge is -2.29. The number of piperazine rings is 1. The maximum atomic E-state index is 12.9. The first-order valence-corrected chi connectivity index (χ1v) is 6.78. The Balaban J connectivity index is 2.25. The van der Waals surface area contributed by atoms with Gasteiger partial charge in [-0.05, 0) is 18.1 Å². The summed E-state index contributed by atoms with van der Waals surface area (Å²) in [6, 6.07) is 2.40. The predicted molar refractivity (Wildman–Crippen MR) is 75.3 cm³/mol. The summed E-state index contributed by atoms with van der Waals surface area (Å²) in [5, 5.41) is 3.23. The number of hydrogen-bond acceptors (Lipinski definition) is 3. The fourth-order valence-electron chi connectivity index (χ4n) is 2.25. The third kappa shape index (κ3) is 3.67. The largest absolute Gasteiger partial charge is 0.509 e. The number of hydrogen-bond donors (Lipinski definition) is 2. The molecular formula is C12H17BF3N2S-. The molecule has 0 aromatic heterocycles. The summed E-state index contributed by atoms with van der Waals surface area (Å²) in [4.78, 5) is 2.58. The van der Waals surface area contributed by atoms with Gasteiger partial charge < -0.3 is 18.3 Å². The van der Waals surface area contributed by atoms with Gasteiger partial charge in [0.05, 0.1) is 0 Å². The van der Waals surface area contributed by atoms with Crippen LogP contribution in [0.1, 0.15) is 11.1 Å². The van der Waals surface area contributed by atoms with E-state index in [1.807, 2.05) is 6.92 Å². The highest BCUT2D eigenvalue weighted by molar-refractivity contribution is 7.80. The number of nitrogens with zero attached hydrogens (tertiary/aromatic N) is 1. The summed E-state index contributed by atoms with van der Waals surface area (Å²) in [7, 11) is 0. The van der Waals surface area contributed by atoms with E-state index in [4.69, 9.17) is 0 Å². The first-order valence-electron chi connectivity index (χ1n) is 6.33. The smallest absolute Gasteiger partial charge is 0.445 e. The zero-order valence-corrected chi connectivity index (χ0v) is 11.7. The van der Waals surface area contributed by atoms with Gasteiger partial charge in [0.25, 0.3) is 0 Å². The molecule has 1 aromatic carbocycles. The van der Waals surface area contributed by atoms with Gasteiger partial charge in [-0.25, -0.2) is 0 Å². The molecule has 1 heterocycles. The van der Waals surface area contributed by atoms with Crippen LogP contribution in [0.25, 0.3) is 0 Å². The highest BCUT2D eigenvalue weighted by Crippen LogP contribution is 2.21. The van der Waals surface area contributed by atoms with Gasteiger partial charge in [-0.1, -0.05) is 12.1 Å². The van der Waals surface area contributed by atoms with Crippen molar-refractivity contribution >= 4 is 25.1 Å². The second-order valence-corrected chi connectivity index (χ2v) is 5.41. The lowest BCUT2D eigenvalue weighted by Crippen LogP contribution is -2.43. The summed E-state index contributed by atoms with van der Waals surface area (Å²) in [5.41, 5.74) is 1.01. The third-order valence-electron chi connectivity index (χ3n) is 3.49. The topological polar surface area (TPSA) is 15.3 Å². The van der Waals surface area contributed by atoms with Gasteiger partial charge in [0, 0.05) is 37.6 Å². The van der Waals surface area contributed by atoms with E-state index in [0.29, 0.717) is 11.4 Å². The maximum absolute atomic E-state index is 12.9. The Morgan fingerprint density at radius 2 is 1.89 bits per heavy atom. The van der Waals surface area contributed by atoms with Crippen molar-refractivity contribution < 1.29 is 12.9 Å². The van der Waals surface area contributed by atoms with Gasteiger partial charge >= 0.3 is 6.98 Å². The van der Waals surface area contributed by atoms with E-state index < -0.39 is 12.4 Å². The quantitative estimate of drug-likeness (QED) is 0.651. The molecule has 0 bridgehead atoms. The molecule has 0 aliphatic carbocycles. The lowest BCUT2D eigenvalue weighted by atomic mass is 9.78. The molecule has 106 valence electrons. The molecule has 1 fully saturated rings. The molecule has 0 saturated carbocycles. The first-order chi connectivity index (χ1) is 8.88. The highest BCUT2D eigenvalue weighted by Gasteiger charge is 2.27. The fourth-order valence-corrected chi connectivity index (χ4v) is 2.54. The fraction of sp³-hybridized carbons (Fsp3) is 0.500. The van der Waals surface area contributed by atoms with E-state index in [9.17, 15) is 12.9 Å². The first kappa shape index (κ1) is 14.7. The second-order valence-electron chi connectivity index (χ2n) is 4.93. The van der Waals surface area contributed by atoms with Crippen molar-refractivity contribution in [2.45, 2.75) is 18.4 Å². The van der Waals surface area contributed by atoms with Crippen LogP contribution in [0.2, 0.25) is 0 Å². The summed E-state index contributed by atoms with van der Waals surface area (Å²) in [6.07, 6.45) is 0. The van der Waals surface area contributed by atoms with Gasteiger partial charge in [0.2, 0.25) is 0 Å². The Labute approximate surface area is 116 Å². The number of rotatable bonds is 3. The van der Waals surface area contributed by atoms with Crippen molar-refractivity contribution in [3.63, 3.8) is 0 Å². The van der Waals surface area contributed by atoms with Crippen molar-refractivity contribution in [1.82, 2.24) is 10.2 Å². The summed E-state index contributed by atoms with van der Waals surface area (Å²) < 4.78 is 38.6. The molecule has 19 heavy (non-hydrogen) atoms. The van der Waals surface area contributed by atoms with Crippen LogP contribution in [0.3, 0.4) is 0 Å². The number of benzene rings is 1. The molecule has 1 aromatic rings. The SMILES string of the molecule is Cc1c(S)cc([B-](F)(F)F)cc1CN1CCNCC1. The molecule has 2 rings (SSSR count). The van der Waals surface area contributed by atoms with Gasteiger partial charge in [0.15, 0.2) is 0 Å². The Hall–Kier alpha value is -0.655.